The molecule has 5 heteroatoms. The lowest BCUT2D eigenvalue weighted by Gasteiger charge is -2.14. The lowest BCUT2D eigenvalue weighted by molar-refractivity contribution is -0.151. The molecule has 32 heavy (non-hydrogen) atoms. The fraction of sp³-hybridized carbons (Fsp3) is 0.704. The van der Waals surface area contributed by atoms with Gasteiger partial charge in [-0.2, -0.15) is 0 Å². The molecule has 1 aromatic rings. The number of unbranched alkanes of at least 4 members (excludes halogenated alkanes) is 12. The van der Waals surface area contributed by atoms with E-state index in [1.807, 2.05) is 6.07 Å². The summed E-state index contributed by atoms with van der Waals surface area (Å²) in [6.45, 7) is 2.91. The molecule has 0 aliphatic heterocycles. The SMILES string of the molecule is CC(=O)OC(CCCCCCCCCCCCCCCOCc1ccccc1)CC(=O)O. The Hall–Kier alpha value is -1.88. The first kappa shape index (κ1) is 28.2. The molecule has 1 N–H and O–H groups in total. The van der Waals surface area contributed by atoms with Crippen molar-refractivity contribution in [2.75, 3.05) is 6.61 Å². The van der Waals surface area contributed by atoms with Crippen LogP contribution in [-0.4, -0.2) is 29.8 Å². The summed E-state index contributed by atoms with van der Waals surface area (Å²) in [6, 6.07) is 10.3. The number of hydrogen-bond acceptors (Lipinski definition) is 4. The Morgan fingerprint density at radius 1 is 0.781 bits per heavy atom. The lowest BCUT2D eigenvalue weighted by atomic mass is 10.0. The van der Waals surface area contributed by atoms with Crippen molar-refractivity contribution in [3.8, 4) is 0 Å². The van der Waals surface area contributed by atoms with Crippen LogP contribution in [0.5, 0.6) is 0 Å². The molecule has 0 spiro atoms. The van der Waals surface area contributed by atoms with Crippen molar-refractivity contribution in [3.05, 3.63) is 35.9 Å². The summed E-state index contributed by atoms with van der Waals surface area (Å²) < 4.78 is 10.8. The normalized spacial score (nSPS) is 11.9. The van der Waals surface area contributed by atoms with Crippen LogP contribution in [0.1, 0.15) is 109 Å². The van der Waals surface area contributed by atoms with Crippen molar-refractivity contribution >= 4 is 11.9 Å². The highest BCUT2D eigenvalue weighted by atomic mass is 16.5. The number of benzene rings is 1. The Morgan fingerprint density at radius 2 is 1.28 bits per heavy atom. The number of carboxylic acid groups (broad SMARTS) is 1. The summed E-state index contributed by atoms with van der Waals surface area (Å²) in [5.41, 5.74) is 1.25. The molecule has 1 aromatic carbocycles. The number of esters is 1. The maximum atomic E-state index is 11.0. The minimum atomic E-state index is -0.913. The fourth-order valence-corrected chi connectivity index (χ4v) is 3.92. The predicted octanol–water partition coefficient (Wildman–Crippen LogP) is 7.07. The van der Waals surface area contributed by atoms with Gasteiger partial charge in [0.25, 0.3) is 0 Å². The molecule has 0 heterocycles. The molecule has 182 valence electrons. The van der Waals surface area contributed by atoms with Gasteiger partial charge in [-0.3, -0.25) is 9.59 Å². The quantitative estimate of drug-likeness (QED) is 0.161. The van der Waals surface area contributed by atoms with Gasteiger partial charge in [0.2, 0.25) is 0 Å². The smallest absolute Gasteiger partial charge is 0.307 e. The first-order valence-electron chi connectivity index (χ1n) is 12.6. The third-order valence-electron chi connectivity index (χ3n) is 5.66. The zero-order chi connectivity index (χ0) is 23.3. The van der Waals surface area contributed by atoms with Gasteiger partial charge in [-0.15, -0.1) is 0 Å². The number of ether oxygens (including phenoxy) is 2. The van der Waals surface area contributed by atoms with Crippen LogP contribution in [-0.2, 0) is 25.7 Å². The highest BCUT2D eigenvalue weighted by molar-refractivity contribution is 5.69. The average Bonchev–Trinajstić information content (AvgIpc) is 2.75. The van der Waals surface area contributed by atoms with E-state index < -0.39 is 18.0 Å². The second kappa shape index (κ2) is 19.8. The second-order valence-corrected chi connectivity index (χ2v) is 8.75. The summed E-state index contributed by atoms with van der Waals surface area (Å²) in [6.07, 6.45) is 16.1. The third-order valence-corrected chi connectivity index (χ3v) is 5.66. The van der Waals surface area contributed by atoms with Gasteiger partial charge in [0.05, 0.1) is 13.0 Å². The van der Waals surface area contributed by atoms with Crippen molar-refractivity contribution in [3.63, 3.8) is 0 Å². The van der Waals surface area contributed by atoms with Gasteiger partial charge in [0.1, 0.15) is 6.10 Å². The summed E-state index contributed by atoms with van der Waals surface area (Å²) >= 11 is 0. The molecule has 0 fully saturated rings. The molecule has 0 saturated heterocycles. The van der Waals surface area contributed by atoms with Crippen molar-refractivity contribution in [2.45, 2.75) is 116 Å². The van der Waals surface area contributed by atoms with E-state index in [1.54, 1.807) is 0 Å². The maximum Gasteiger partial charge on any atom is 0.307 e. The first-order valence-corrected chi connectivity index (χ1v) is 12.6. The molecule has 1 atom stereocenters. The molecule has 1 rings (SSSR count). The molecule has 0 radical (unpaired) electrons. The Bertz CT molecular complexity index is 571. The van der Waals surface area contributed by atoms with Crippen LogP contribution < -0.4 is 0 Å². The Kier molecular flexibility index (Phi) is 17.4. The van der Waals surface area contributed by atoms with Crippen molar-refractivity contribution in [1.29, 1.82) is 0 Å². The number of rotatable bonds is 21. The number of carboxylic acids is 1. The van der Waals surface area contributed by atoms with Gasteiger partial charge in [-0.1, -0.05) is 101 Å². The monoisotopic (exact) mass is 448 g/mol. The summed E-state index contributed by atoms with van der Waals surface area (Å²) in [7, 11) is 0. The lowest BCUT2D eigenvalue weighted by Crippen LogP contribution is -2.20. The first-order chi connectivity index (χ1) is 15.6. The zero-order valence-corrected chi connectivity index (χ0v) is 20.1. The highest BCUT2D eigenvalue weighted by Crippen LogP contribution is 2.15. The molecule has 1 unspecified atom stereocenters. The van der Waals surface area contributed by atoms with Crippen molar-refractivity contribution in [1.82, 2.24) is 0 Å². The molecule has 0 amide bonds. The van der Waals surface area contributed by atoms with E-state index >= 15 is 0 Å². The largest absolute Gasteiger partial charge is 0.481 e. The van der Waals surface area contributed by atoms with Crippen LogP contribution in [0.4, 0.5) is 0 Å². The molecule has 0 bridgehead atoms. The Morgan fingerprint density at radius 3 is 1.78 bits per heavy atom. The summed E-state index contributed by atoms with van der Waals surface area (Å²) in [5.74, 6) is -1.31. The number of carbonyl (C=O) groups excluding carboxylic acids is 1. The van der Waals surface area contributed by atoms with Gasteiger partial charge in [-0.25, -0.2) is 0 Å². The second-order valence-electron chi connectivity index (χ2n) is 8.75. The van der Waals surface area contributed by atoms with Gasteiger partial charge in [-0.05, 0) is 24.8 Å². The average molecular weight is 449 g/mol. The minimum Gasteiger partial charge on any atom is -0.481 e. The van der Waals surface area contributed by atoms with Crippen molar-refractivity contribution in [2.24, 2.45) is 0 Å². The van der Waals surface area contributed by atoms with Gasteiger partial charge in [0, 0.05) is 13.5 Å². The van der Waals surface area contributed by atoms with Crippen molar-refractivity contribution < 1.29 is 24.2 Å². The van der Waals surface area contributed by atoms with Crippen LogP contribution in [0.25, 0.3) is 0 Å². The summed E-state index contributed by atoms with van der Waals surface area (Å²) in [5, 5.41) is 8.87. The topological polar surface area (TPSA) is 72.8 Å². The molecule has 0 aliphatic rings. The van der Waals surface area contributed by atoms with Gasteiger partial charge >= 0.3 is 11.9 Å². The molecule has 0 aromatic heterocycles. The summed E-state index contributed by atoms with van der Waals surface area (Å²) in [4.78, 5) is 21.8. The van der Waals surface area contributed by atoms with Crippen LogP contribution in [0.2, 0.25) is 0 Å². The molecular formula is C27H44O5. The standard InChI is InChI=1S/C27H44O5/c1-24(28)32-26(22-27(29)30)20-16-11-9-7-5-3-2-4-6-8-10-12-17-21-31-23-25-18-14-13-15-19-25/h13-15,18-19,26H,2-12,16-17,20-23H2,1H3,(H,29,30). The van der Waals surface area contributed by atoms with E-state index in [0.717, 1.165) is 32.5 Å². The van der Waals surface area contributed by atoms with Crippen LogP contribution in [0.3, 0.4) is 0 Å². The van der Waals surface area contributed by atoms with Crippen LogP contribution >= 0.6 is 0 Å². The molecule has 0 saturated carbocycles. The van der Waals surface area contributed by atoms with E-state index in [0.29, 0.717) is 6.42 Å². The van der Waals surface area contributed by atoms with E-state index in [4.69, 9.17) is 14.6 Å². The number of carbonyl (C=O) groups is 2. The fourth-order valence-electron chi connectivity index (χ4n) is 3.92. The van der Waals surface area contributed by atoms with E-state index in [-0.39, 0.29) is 6.42 Å². The predicted molar refractivity (Wildman–Crippen MR) is 129 cm³/mol. The minimum absolute atomic E-state index is 0.0956. The third kappa shape index (κ3) is 17.8. The van der Waals surface area contributed by atoms with E-state index in [2.05, 4.69) is 24.3 Å². The van der Waals surface area contributed by atoms with Crippen LogP contribution in [0.15, 0.2) is 30.3 Å². The Balaban J connectivity index is 1.79. The molecular weight excluding hydrogens is 404 g/mol. The Labute approximate surface area is 194 Å². The zero-order valence-electron chi connectivity index (χ0n) is 20.1. The highest BCUT2D eigenvalue weighted by Gasteiger charge is 2.15. The molecule has 5 nitrogen and oxygen atoms in total. The van der Waals surface area contributed by atoms with E-state index in [9.17, 15) is 9.59 Å². The number of aliphatic carboxylic acids is 1. The van der Waals surface area contributed by atoms with Gasteiger partial charge < -0.3 is 14.6 Å². The van der Waals surface area contributed by atoms with Crippen LogP contribution in [0, 0.1) is 0 Å². The maximum absolute atomic E-state index is 11.0. The molecule has 0 aliphatic carbocycles. The van der Waals surface area contributed by atoms with Gasteiger partial charge in [0.15, 0.2) is 0 Å². The van der Waals surface area contributed by atoms with E-state index in [1.165, 1.54) is 76.7 Å². The number of hydrogen-bond donors (Lipinski definition) is 1.